The second kappa shape index (κ2) is 8.67. The fraction of sp³-hybridized carbons (Fsp3) is 0.524. The molecule has 1 fully saturated rings. The molecule has 0 bridgehead atoms. The number of aliphatic hydroxyl groups excluding tert-OH is 1. The van der Waals surface area contributed by atoms with Crippen molar-refractivity contribution in [1.29, 1.82) is 0 Å². The number of hydrogen-bond acceptors (Lipinski definition) is 7. The number of pyridine rings is 1. The summed E-state index contributed by atoms with van der Waals surface area (Å²) in [5, 5.41) is 14.9. The van der Waals surface area contributed by atoms with Crippen molar-refractivity contribution in [3.63, 3.8) is 0 Å². The Morgan fingerprint density at radius 2 is 1.97 bits per heavy atom. The molecule has 0 spiro atoms. The van der Waals surface area contributed by atoms with Crippen molar-refractivity contribution >= 4 is 17.7 Å². The summed E-state index contributed by atoms with van der Waals surface area (Å²) in [7, 11) is 0. The van der Waals surface area contributed by atoms with E-state index >= 15 is 0 Å². The number of aliphatic hydroxyl groups is 1. The van der Waals surface area contributed by atoms with Gasteiger partial charge in [0.2, 0.25) is 0 Å². The summed E-state index contributed by atoms with van der Waals surface area (Å²) in [5.74, 6) is -1.55. The maximum Gasteiger partial charge on any atom is 0.339 e. The van der Waals surface area contributed by atoms with Gasteiger partial charge in [-0.2, -0.15) is 8.78 Å². The average molecular weight is 468 g/mol. The van der Waals surface area contributed by atoms with Gasteiger partial charge in [0, 0.05) is 24.0 Å². The van der Waals surface area contributed by atoms with Gasteiger partial charge < -0.3 is 14.6 Å². The third kappa shape index (κ3) is 4.81. The van der Waals surface area contributed by atoms with Gasteiger partial charge in [0.25, 0.3) is 11.5 Å². The number of hydrogen-bond donors (Lipinski definition) is 1. The minimum absolute atomic E-state index is 0.00423. The maximum absolute atomic E-state index is 13.2. The SMILES string of the molecule is Cc1cc(N2CCOC(C)(C(O)C(=O)OC(C)(C)C)C2=O)nn1-c1ccc(=O)n(C(F)F)c1. The molecular weight excluding hydrogens is 442 g/mol. The summed E-state index contributed by atoms with van der Waals surface area (Å²) in [6.45, 7) is 4.88. The second-order valence-corrected chi connectivity index (χ2v) is 8.81. The first-order valence-electron chi connectivity index (χ1n) is 10.2. The first-order valence-corrected chi connectivity index (χ1v) is 10.2. The van der Waals surface area contributed by atoms with Crippen LogP contribution >= 0.6 is 0 Å². The number of alkyl halides is 2. The Labute approximate surface area is 188 Å². The molecule has 0 saturated carbocycles. The summed E-state index contributed by atoms with van der Waals surface area (Å²) >= 11 is 0. The quantitative estimate of drug-likeness (QED) is 0.662. The second-order valence-electron chi connectivity index (χ2n) is 8.81. The number of aryl methyl sites for hydroxylation is 1. The number of anilines is 1. The van der Waals surface area contributed by atoms with Crippen molar-refractivity contribution in [2.75, 3.05) is 18.1 Å². The van der Waals surface area contributed by atoms with E-state index in [0.29, 0.717) is 5.69 Å². The van der Waals surface area contributed by atoms with Gasteiger partial charge in [-0.3, -0.25) is 19.1 Å². The smallest absolute Gasteiger partial charge is 0.339 e. The number of carbonyl (C=O) groups excluding carboxylic acids is 2. The number of amides is 1. The molecule has 0 aromatic carbocycles. The van der Waals surface area contributed by atoms with Gasteiger partial charge in [-0.15, -0.1) is 5.10 Å². The molecule has 1 saturated heterocycles. The topological polar surface area (TPSA) is 116 Å². The third-order valence-electron chi connectivity index (χ3n) is 5.07. The van der Waals surface area contributed by atoms with Crippen LogP contribution in [0.2, 0.25) is 0 Å². The van der Waals surface area contributed by atoms with Gasteiger partial charge in [0.15, 0.2) is 17.5 Å². The third-order valence-corrected chi connectivity index (χ3v) is 5.07. The average Bonchev–Trinajstić information content (AvgIpc) is 3.09. The normalized spacial score (nSPS) is 20.3. The van der Waals surface area contributed by atoms with Crippen molar-refractivity contribution in [3.05, 3.63) is 40.4 Å². The first-order chi connectivity index (χ1) is 15.2. The number of rotatable bonds is 5. The highest BCUT2D eigenvalue weighted by molar-refractivity contribution is 6.02. The number of esters is 1. The van der Waals surface area contributed by atoms with E-state index in [1.807, 2.05) is 0 Å². The van der Waals surface area contributed by atoms with Crippen LogP contribution in [-0.4, -0.2) is 61.8 Å². The van der Waals surface area contributed by atoms with Crippen LogP contribution in [0.1, 0.15) is 39.9 Å². The van der Waals surface area contributed by atoms with Gasteiger partial charge in [-0.25, -0.2) is 9.48 Å². The summed E-state index contributed by atoms with van der Waals surface area (Å²) in [6, 6.07) is 3.88. The summed E-state index contributed by atoms with van der Waals surface area (Å²) in [5.41, 5.74) is -2.97. The van der Waals surface area contributed by atoms with Crippen molar-refractivity contribution in [2.24, 2.45) is 0 Å². The molecule has 2 atom stereocenters. The summed E-state index contributed by atoms with van der Waals surface area (Å²) < 4.78 is 38.5. The lowest BCUT2D eigenvalue weighted by Gasteiger charge is -2.40. The predicted octanol–water partition coefficient (Wildman–Crippen LogP) is 1.56. The summed E-state index contributed by atoms with van der Waals surface area (Å²) in [4.78, 5) is 38.5. The molecule has 2 unspecified atom stereocenters. The molecule has 12 heteroatoms. The summed E-state index contributed by atoms with van der Waals surface area (Å²) in [6.07, 6.45) is -0.918. The van der Waals surface area contributed by atoms with E-state index < -0.39 is 41.3 Å². The number of aromatic nitrogens is 3. The van der Waals surface area contributed by atoms with Crippen molar-refractivity contribution < 1.29 is 33.0 Å². The molecule has 1 N–H and O–H groups in total. The zero-order valence-corrected chi connectivity index (χ0v) is 18.9. The van der Waals surface area contributed by atoms with Crippen LogP contribution in [0, 0.1) is 6.92 Å². The molecule has 3 heterocycles. The van der Waals surface area contributed by atoms with Gasteiger partial charge in [0.1, 0.15) is 5.60 Å². The van der Waals surface area contributed by atoms with E-state index in [-0.39, 0.29) is 29.2 Å². The number of halogens is 2. The Balaban J connectivity index is 1.92. The largest absolute Gasteiger partial charge is 0.458 e. The molecule has 2 aromatic heterocycles. The van der Waals surface area contributed by atoms with E-state index in [0.717, 1.165) is 12.3 Å². The molecule has 0 radical (unpaired) electrons. The Kier molecular flexibility index (Phi) is 6.44. The molecule has 3 rings (SSSR count). The highest BCUT2D eigenvalue weighted by atomic mass is 19.3. The van der Waals surface area contributed by atoms with Crippen LogP contribution in [0.5, 0.6) is 0 Å². The van der Waals surface area contributed by atoms with Gasteiger partial charge in [-0.1, -0.05) is 0 Å². The van der Waals surface area contributed by atoms with Crippen LogP contribution < -0.4 is 10.5 Å². The predicted molar refractivity (Wildman–Crippen MR) is 112 cm³/mol. The highest BCUT2D eigenvalue weighted by Crippen LogP contribution is 2.29. The van der Waals surface area contributed by atoms with Crippen molar-refractivity contribution in [2.45, 2.75) is 58.5 Å². The molecule has 33 heavy (non-hydrogen) atoms. The molecule has 10 nitrogen and oxygen atoms in total. The fourth-order valence-corrected chi connectivity index (χ4v) is 3.40. The van der Waals surface area contributed by atoms with E-state index in [1.54, 1.807) is 33.8 Å². The number of ether oxygens (including phenoxy) is 2. The van der Waals surface area contributed by atoms with E-state index in [2.05, 4.69) is 5.10 Å². The minimum Gasteiger partial charge on any atom is -0.458 e. The molecule has 180 valence electrons. The number of morpholine rings is 1. The lowest BCUT2D eigenvalue weighted by molar-refractivity contribution is -0.191. The zero-order valence-electron chi connectivity index (χ0n) is 18.9. The Bertz CT molecular complexity index is 1120. The molecule has 1 aliphatic rings. The molecule has 0 aliphatic carbocycles. The molecule has 1 aliphatic heterocycles. The van der Waals surface area contributed by atoms with Crippen LogP contribution in [0.4, 0.5) is 14.6 Å². The minimum atomic E-state index is -3.02. The zero-order chi connectivity index (χ0) is 24.7. The van der Waals surface area contributed by atoms with Crippen LogP contribution in [-0.2, 0) is 19.1 Å². The first kappa shape index (κ1) is 24.5. The van der Waals surface area contributed by atoms with Crippen LogP contribution in [0.15, 0.2) is 29.2 Å². The Hall–Kier alpha value is -3.12. The molecule has 2 aromatic rings. The van der Waals surface area contributed by atoms with Gasteiger partial charge in [0.05, 0.1) is 18.8 Å². The molecule has 1 amide bonds. The molecular formula is C21H26F2N4O6. The lowest BCUT2D eigenvalue weighted by atomic mass is 9.95. The van der Waals surface area contributed by atoms with E-state index in [1.165, 1.54) is 22.6 Å². The van der Waals surface area contributed by atoms with Gasteiger partial charge in [-0.05, 0) is 40.7 Å². The van der Waals surface area contributed by atoms with Crippen LogP contribution in [0.3, 0.4) is 0 Å². The number of carbonyl (C=O) groups is 2. The Morgan fingerprint density at radius 1 is 1.30 bits per heavy atom. The Morgan fingerprint density at radius 3 is 2.58 bits per heavy atom. The van der Waals surface area contributed by atoms with Gasteiger partial charge >= 0.3 is 12.5 Å². The van der Waals surface area contributed by atoms with E-state index in [4.69, 9.17) is 9.47 Å². The monoisotopic (exact) mass is 468 g/mol. The van der Waals surface area contributed by atoms with Crippen LogP contribution in [0.25, 0.3) is 5.69 Å². The van der Waals surface area contributed by atoms with Crippen molar-refractivity contribution in [3.8, 4) is 5.69 Å². The fourth-order valence-electron chi connectivity index (χ4n) is 3.40. The number of nitrogens with zero attached hydrogens (tertiary/aromatic N) is 4. The lowest BCUT2D eigenvalue weighted by Crippen LogP contribution is -2.63. The highest BCUT2D eigenvalue weighted by Gasteiger charge is 2.52. The maximum atomic E-state index is 13.2. The van der Waals surface area contributed by atoms with E-state index in [9.17, 15) is 28.3 Å². The standard InChI is InChI=1S/C21H26F2N4O6/c1-12-10-14(24-27(12)13-6-7-15(28)26(11-13)19(22)23)25-8-9-32-21(5,18(25)31)16(29)17(30)33-20(2,3)4/h6-7,10-11,16,19,29H,8-9H2,1-5H3. The van der Waals surface area contributed by atoms with Crippen molar-refractivity contribution in [1.82, 2.24) is 14.3 Å².